The Bertz CT molecular complexity index is 195. The molecule has 0 amide bonds. The van der Waals surface area contributed by atoms with E-state index >= 15 is 0 Å². The summed E-state index contributed by atoms with van der Waals surface area (Å²) < 4.78 is 0. The molecule has 1 rings (SSSR count). The van der Waals surface area contributed by atoms with Crippen LogP contribution in [0.3, 0.4) is 0 Å². The van der Waals surface area contributed by atoms with E-state index in [1.807, 2.05) is 6.07 Å². The first-order chi connectivity index (χ1) is 4.86. The Balaban J connectivity index is 2.87. The van der Waals surface area contributed by atoms with Crippen LogP contribution in [0.25, 0.3) is 0 Å². The lowest BCUT2D eigenvalue weighted by atomic mass is 10.4. The van der Waals surface area contributed by atoms with Crippen molar-refractivity contribution in [2.45, 2.75) is 10.7 Å². The molecule has 1 aromatic heterocycles. The van der Waals surface area contributed by atoms with Crippen LogP contribution in [0.4, 0.5) is 0 Å². The van der Waals surface area contributed by atoms with Crippen LogP contribution < -0.4 is 0 Å². The zero-order chi connectivity index (χ0) is 7.40. The van der Waals surface area contributed by atoms with E-state index in [9.17, 15) is 0 Å². The van der Waals surface area contributed by atoms with E-state index in [-0.39, 0.29) is 0 Å². The summed E-state index contributed by atoms with van der Waals surface area (Å²) in [5.74, 6) is 0. The predicted molar refractivity (Wildman–Crippen MR) is 47.3 cm³/mol. The third kappa shape index (κ3) is 2.02. The average Bonchev–Trinajstić information content (AvgIpc) is 2.05. The van der Waals surface area contributed by atoms with Crippen molar-refractivity contribution in [3.63, 3.8) is 0 Å². The summed E-state index contributed by atoms with van der Waals surface area (Å²) >= 11 is 6.63. The van der Waals surface area contributed by atoms with Crippen molar-refractivity contribution in [1.29, 1.82) is 0 Å². The number of hydrogen-bond donors (Lipinski definition) is 0. The zero-order valence-electron chi connectivity index (χ0n) is 5.22. The Labute approximate surface area is 76.3 Å². The van der Waals surface area contributed by atoms with Gasteiger partial charge in [0, 0.05) is 10.7 Å². The first kappa shape index (κ1) is 8.14. The van der Waals surface area contributed by atoms with E-state index in [4.69, 9.17) is 0 Å². The molecule has 4 heteroatoms. The van der Waals surface area contributed by atoms with Gasteiger partial charge in [0.1, 0.15) is 6.33 Å². The molecule has 0 spiro atoms. The number of rotatable bonds is 2. The maximum Gasteiger partial charge on any atom is 0.115 e. The van der Waals surface area contributed by atoms with E-state index in [2.05, 4.69) is 41.8 Å². The van der Waals surface area contributed by atoms with Crippen molar-refractivity contribution in [1.82, 2.24) is 9.97 Å². The molecule has 0 radical (unpaired) electrons. The Hall–Kier alpha value is 0.0400. The second-order valence-corrected chi connectivity index (χ2v) is 2.89. The molecule has 0 saturated carbocycles. The molecular weight excluding hydrogens is 260 g/mol. The fourth-order valence-corrected chi connectivity index (χ4v) is 1.20. The van der Waals surface area contributed by atoms with Crippen LogP contribution in [0.5, 0.6) is 0 Å². The Morgan fingerprint density at radius 2 is 1.60 bits per heavy atom. The minimum Gasteiger partial charge on any atom is -0.240 e. The largest absolute Gasteiger partial charge is 0.240 e. The molecule has 0 aromatic carbocycles. The summed E-state index contributed by atoms with van der Waals surface area (Å²) in [5.41, 5.74) is 2.04. The molecule has 1 aromatic rings. The highest BCUT2D eigenvalue weighted by Gasteiger charge is 1.93. The molecular formula is C6H6Br2N2. The maximum atomic E-state index is 4.03. The van der Waals surface area contributed by atoms with E-state index in [1.54, 1.807) is 6.33 Å². The Morgan fingerprint density at radius 1 is 1.10 bits per heavy atom. The van der Waals surface area contributed by atoms with Gasteiger partial charge in [-0.25, -0.2) is 9.97 Å². The summed E-state index contributed by atoms with van der Waals surface area (Å²) in [7, 11) is 0. The minimum atomic E-state index is 0.787. The van der Waals surface area contributed by atoms with Crippen LogP contribution in [-0.2, 0) is 10.7 Å². The fourth-order valence-electron chi connectivity index (χ4n) is 0.590. The predicted octanol–water partition coefficient (Wildman–Crippen LogP) is 2.27. The molecule has 0 atom stereocenters. The zero-order valence-corrected chi connectivity index (χ0v) is 8.39. The smallest absolute Gasteiger partial charge is 0.115 e. The molecule has 0 N–H and O–H groups in total. The standard InChI is InChI=1S/C6H6Br2N2/c7-2-5-1-6(3-8)10-4-9-5/h1,4H,2-3H2. The maximum absolute atomic E-state index is 4.03. The third-order valence-electron chi connectivity index (χ3n) is 1.05. The molecule has 0 unspecified atom stereocenters. The average molecular weight is 266 g/mol. The number of aromatic nitrogens is 2. The van der Waals surface area contributed by atoms with Gasteiger partial charge >= 0.3 is 0 Å². The highest BCUT2D eigenvalue weighted by Crippen LogP contribution is 2.05. The van der Waals surface area contributed by atoms with Crippen molar-refractivity contribution >= 4 is 31.9 Å². The van der Waals surface area contributed by atoms with Crippen LogP contribution >= 0.6 is 31.9 Å². The molecule has 0 bridgehead atoms. The second-order valence-electron chi connectivity index (χ2n) is 1.77. The first-order valence-electron chi connectivity index (χ1n) is 2.78. The quantitative estimate of drug-likeness (QED) is 0.767. The van der Waals surface area contributed by atoms with Gasteiger partial charge in [-0.05, 0) is 6.07 Å². The normalized spacial score (nSPS) is 9.80. The van der Waals surface area contributed by atoms with Crippen molar-refractivity contribution < 1.29 is 0 Å². The fraction of sp³-hybridized carbons (Fsp3) is 0.333. The van der Waals surface area contributed by atoms with Gasteiger partial charge in [-0.15, -0.1) is 0 Å². The molecule has 10 heavy (non-hydrogen) atoms. The van der Waals surface area contributed by atoms with Crippen LogP contribution in [0.1, 0.15) is 11.4 Å². The number of hydrogen-bond acceptors (Lipinski definition) is 2. The molecule has 0 aliphatic heterocycles. The molecule has 0 saturated heterocycles. The lowest BCUT2D eigenvalue weighted by Crippen LogP contribution is -1.90. The van der Waals surface area contributed by atoms with Gasteiger partial charge < -0.3 is 0 Å². The second kappa shape index (κ2) is 4.03. The van der Waals surface area contributed by atoms with Gasteiger partial charge in [0.2, 0.25) is 0 Å². The van der Waals surface area contributed by atoms with Crippen LogP contribution in [0.2, 0.25) is 0 Å². The van der Waals surface area contributed by atoms with Crippen molar-refractivity contribution in [2.24, 2.45) is 0 Å². The van der Waals surface area contributed by atoms with E-state index in [0.29, 0.717) is 0 Å². The highest BCUT2D eigenvalue weighted by atomic mass is 79.9. The molecule has 0 aliphatic rings. The van der Waals surface area contributed by atoms with Gasteiger partial charge in [-0.1, -0.05) is 31.9 Å². The van der Waals surface area contributed by atoms with Gasteiger partial charge in [0.05, 0.1) is 11.4 Å². The first-order valence-corrected chi connectivity index (χ1v) is 5.03. The number of alkyl halides is 2. The van der Waals surface area contributed by atoms with E-state index in [1.165, 1.54) is 0 Å². The van der Waals surface area contributed by atoms with Crippen molar-refractivity contribution in [2.75, 3.05) is 0 Å². The van der Waals surface area contributed by atoms with Crippen molar-refractivity contribution in [3.8, 4) is 0 Å². The minimum absolute atomic E-state index is 0.787. The number of halogens is 2. The Kier molecular flexibility index (Phi) is 3.28. The summed E-state index contributed by atoms with van der Waals surface area (Å²) in [6, 6.07) is 1.96. The lowest BCUT2D eigenvalue weighted by molar-refractivity contribution is 1.04. The van der Waals surface area contributed by atoms with Crippen molar-refractivity contribution in [3.05, 3.63) is 23.8 Å². The molecule has 0 fully saturated rings. The van der Waals surface area contributed by atoms with Crippen LogP contribution in [-0.4, -0.2) is 9.97 Å². The van der Waals surface area contributed by atoms with E-state index < -0.39 is 0 Å². The number of nitrogens with zero attached hydrogens (tertiary/aromatic N) is 2. The van der Waals surface area contributed by atoms with Gasteiger partial charge in [0.15, 0.2) is 0 Å². The Morgan fingerprint density at radius 3 is 2.00 bits per heavy atom. The van der Waals surface area contributed by atoms with Crippen LogP contribution in [0.15, 0.2) is 12.4 Å². The molecule has 2 nitrogen and oxygen atoms in total. The SMILES string of the molecule is BrCc1cc(CBr)ncn1. The van der Waals surface area contributed by atoms with Gasteiger partial charge in [0.25, 0.3) is 0 Å². The molecule has 54 valence electrons. The molecule has 1 heterocycles. The monoisotopic (exact) mass is 264 g/mol. The third-order valence-corrected chi connectivity index (χ3v) is 2.20. The van der Waals surface area contributed by atoms with Gasteiger partial charge in [-0.3, -0.25) is 0 Å². The lowest BCUT2D eigenvalue weighted by Gasteiger charge is -1.95. The van der Waals surface area contributed by atoms with Crippen LogP contribution in [0, 0.1) is 0 Å². The summed E-state index contributed by atoms with van der Waals surface area (Å²) in [6.45, 7) is 0. The van der Waals surface area contributed by atoms with Gasteiger partial charge in [-0.2, -0.15) is 0 Å². The van der Waals surface area contributed by atoms with E-state index in [0.717, 1.165) is 22.0 Å². The summed E-state index contributed by atoms with van der Waals surface area (Å²) in [5, 5.41) is 1.57. The topological polar surface area (TPSA) is 25.8 Å². The summed E-state index contributed by atoms with van der Waals surface area (Å²) in [6.07, 6.45) is 1.58. The summed E-state index contributed by atoms with van der Waals surface area (Å²) in [4.78, 5) is 8.05. The highest BCUT2D eigenvalue weighted by molar-refractivity contribution is 9.08. The molecule has 0 aliphatic carbocycles.